The van der Waals surface area contributed by atoms with Gasteiger partial charge in [0.1, 0.15) is 0 Å². The molecule has 0 aromatic heterocycles. The molecule has 0 aromatic carbocycles. The first kappa shape index (κ1) is 30.6. The molecule has 9 nitrogen and oxygen atoms in total. The fourth-order valence-corrected chi connectivity index (χ4v) is 8.17. The van der Waals surface area contributed by atoms with Crippen molar-refractivity contribution in [2.45, 2.75) is 153 Å². The van der Waals surface area contributed by atoms with Crippen molar-refractivity contribution in [1.82, 2.24) is 0 Å². The zero-order chi connectivity index (χ0) is 28.8. The number of methoxy groups -OCH3 is 1. The molecule has 9 heteroatoms. The Balaban J connectivity index is 1.15. The highest BCUT2D eigenvalue weighted by Crippen LogP contribution is 2.47. The minimum absolute atomic E-state index is 0.00689. The van der Waals surface area contributed by atoms with Crippen LogP contribution < -0.4 is 0 Å². The molecule has 230 valence electrons. The van der Waals surface area contributed by atoms with E-state index in [1.165, 1.54) is 7.11 Å². The van der Waals surface area contributed by atoms with E-state index < -0.39 is 18.2 Å². The number of carbonyl (C=O) groups excluding carboxylic acids is 1. The average Bonchev–Trinajstić information content (AvgIpc) is 3.64. The smallest absolute Gasteiger partial charge is 0.308 e. The van der Waals surface area contributed by atoms with E-state index in [0.717, 1.165) is 38.5 Å². The van der Waals surface area contributed by atoms with Gasteiger partial charge in [0.15, 0.2) is 12.1 Å². The topological polar surface area (TPSA) is 113 Å². The number of aliphatic hydroxyl groups is 2. The Hall–Kier alpha value is -0.810. The molecule has 0 bridgehead atoms. The van der Waals surface area contributed by atoms with Gasteiger partial charge in [0, 0.05) is 25.2 Å². The highest BCUT2D eigenvalue weighted by molar-refractivity contribution is 5.71. The Kier molecular flexibility index (Phi) is 9.52. The third-order valence-electron chi connectivity index (χ3n) is 10.4. The van der Waals surface area contributed by atoms with Crippen LogP contribution in [0.4, 0.5) is 0 Å². The van der Waals surface area contributed by atoms with Crippen LogP contribution in [0.5, 0.6) is 0 Å². The second kappa shape index (κ2) is 12.4. The highest BCUT2D eigenvalue weighted by atomic mass is 16.7. The summed E-state index contributed by atoms with van der Waals surface area (Å²) < 4.78 is 37.3. The van der Waals surface area contributed by atoms with E-state index in [1.54, 1.807) is 0 Å². The van der Waals surface area contributed by atoms with Crippen LogP contribution in [0.2, 0.25) is 0 Å². The van der Waals surface area contributed by atoms with Crippen molar-refractivity contribution in [3.8, 4) is 0 Å². The molecule has 15 unspecified atom stereocenters. The van der Waals surface area contributed by atoms with Gasteiger partial charge in [-0.3, -0.25) is 4.79 Å². The first-order valence-corrected chi connectivity index (χ1v) is 15.7. The summed E-state index contributed by atoms with van der Waals surface area (Å²) in [5.74, 6) is -0.315. The molecule has 5 heterocycles. The van der Waals surface area contributed by atoms with E-state index in [-0.39, 0.29) is 66.5 Å². The molecule has 40 heavy (non-hydrogen) atoms. The monoisotopic (exact) mass is 568 g/mol. The van der Waals surface area contributed by atoms with Crippen molar-refractivity contribution >= 4 is 5.97 Å². The van der Waals surface area contributed by atoms with E-state index in [4.69, 9.17) is 28.4 Å². The second-order valence-electron chi connectivity index (χ2n) is 13.8. The number of esters is 1. The molecule has 0 amide bonds. The minimum Gasteiger partial charge on any atom is -0.469 e. The van der Waals surface area contributed by atoms with Crippen molar-refractivity contribution in [1.29, 1.82) is 0 Å². The van der Waals surface area contributed by atoms with Crippen LogP contribution >= 0.6 is 0 Å². The van der Waals surface area contributed by atoms with Crippen LogP contribution in [0.1, 0.15) is 92.4 Å². The second-order valence-corrected chi connectivity index (χ2v) is 13.8. The molecule has 2 N–H and O–H groups in total. The molecular weight excluding hydrogens is 516 g/mol. The average molecular weight is 569 g/mol. The lowest BCUT2D eigenvalue weighted by atomic mass is 9.85. The van der Waals surface area contributed by atoms with Crippen molar-refractivity contribution in [2.75, 3.05) is 7.11 Å². The number of aliphatic hydroxyl groups excluding tert-OH is 2. The number of rotatable bonds is 7. The van der Waals surface area contributed by atoms with Gasteiger partial charge < -0.3 is 38.6 Å². The van der Waals surface area contributed by atoms with Crippen LogP contribution in [0, 0.1) is 29.6 Å². The number of hydrogen-bond acceptors (Lipinski definition) is 9. The van der Waals surface area contributed by atoms with E-state index in [1.807, 2.05) is 13.8 Å². The van der Waals surface area contributed by atoms with Crippen LogP contribution in [-0.4, -0.2) is 84.2 Å². The van der Waals surface area contributed by atoms with Gasteiger partial charge in [0.05, 0.1) is 61.9 Å². The molecule has 5 rings (SSSR count). The summed E-state index contributed by atoms with van der Waals surface area (Å²) in [7, 11) is 1.41. The van der Waals surface area contributed by atoms with Gasteiger partial charge in [-0.1, -0.05) is 34.6 Å². The van der Waals surface area contributed by atoms with Gasteiger partial charge in [0.25, 0.3) is 0 Å². The molecule has 5 aliphatic rings. The first-order chi connectivity index (χ1) is 19.0. The predicted octanol–water partition coefficient (Wildman–Crippen LogP) is 3.96. The molecule has 0 radical (unpaired) electrons. The maximum absolute atomic E-state index is 11.9. The van der Waals surface area contributed by atoms with Gasteiger partial charge in [-0.2, -0.15) is 0 Å². The van der Waals surface area contributed by atoms with E-state index in [9.17, 15) is 15.0 Å². The summed E-state index contributed by atoms with van der Waals surface area (Å²) in [6.45, 7) is 10.4. The van der Waals surface area contributed by atoms with Crippen LogP contribution in [0.3, 0.4) is 0 Å². The standard InChI is InChI=1S/C31H52O9/c1-16(11-19(4)29(33)35-6)25-14-21(32)15-31(40-25)10-9-23(39-31)22-7-8-24(36-22)27-18(3)13-26(37-27)28-17(2)12-20(5)30(34)38-28/h16-28,30,32,34H,7-15H2,1-6H3. The first-order valence-electron chi connectivity index (χ1n) is 15.7. The quantitative estimate of drug-likeness (QED) is 0.441. The van der Waals surface area contributed by atoms with Crippen molar-refractivity contribution in [3.63, 3.8) is 0 Å². The molecule has 15 atom stereocenters. The number of carbonyl (C=O) groups is 1. The van der Waals surface area contributed by atoms with E-state index in [0.29, 0.717) is 31.1 Å². The summed E-state index contributed by atoms with van der Waals surface area (Å²) in [6.07, 6.45) is 5.29. The van der Waals surface area contributed by atoms with Crippen molar-refractivity contribution < 1.29 is 43.4 Å². The van der Waals surface area contributed by atoms with Crippen LogP contribution in [-0.2, 0) is 33.2 Å². The molecule has 0 aliphatic carbocycles. The summed E-state index contributed by atoms with van der Waals surface area (Å²) in [5, 5.41) is 21.1. The van der Waals surface area contributed by atoms with E-state index >= 15 is 0 Å². The minimum atomic E-state index is -0.800. The van der Waals surface area contributed by atoms with Crippen molar-refractivity contribution in [3.05, 3.63) is 0 Å². The Labute approximate surface area is 239 Å². The maximum atomic E-state index is 11.9. The fourth-order valence-electron chi connectivity index (χ4n) is 8.17. The zero-order valence-corrected chi connectivity index (χ0v) is 25.2. The summed E-state index contributed by atoms with van der Waals surface area (Å²) in [6, 6.07) is 0. The summed E-state index contributed by atoms with van der Waals surface area (Å²) in [5.41, 5.74) is 0. The Bertz CT molecular complexity index is 870. The van der Waals surface area contributed by atoms with Gasteiger partial charge in [-0.15, -0.1) is 0 Å². The van der Waals surface area contributed by atoms with Gasteiger partial charge >= 0.3 is 5.97 Å². The predicted molar refractivity (Wildman–Crippen MR) is 146 cm³/mol. The summed E-state index contributed by atoms with van der Waals surface area (Å²) in [4.78, 5) is 11.9. The van der Waals surface area contributed by atoms with Crippen LogP contribution in [0.25, 0.3) is 0 Å². The van der Waals surface area contributed by atoms with E-state index in [2.05, 4.69) is 20.8 Å². The molecular formula is C31H52O9. The Morgan fingerprint density at radius 1 is 0.850 bits per heavy atom. The lowest BCUT2D eigenvalue weighted by molar-refractivity contribution is -0.301. The zero-order valence-electron chi connectivity index (χ0n) is 25.2. The SMILES string of the molecule is COC(=O)C(C)CC(C)C1CC(O)CC2(CCC(C3CCC(C4OC(C5OC(O)C(C)CC5C)CC4C)O3)O2)O1. The van der Waals surface area contributed by atoms with Gasteiger partial charge in [0.2, 0.25) is 0 Å². The molecule has 0 saturated carbocycles. The van der Waals surface area contributed by atoms with Crippen molar-refractivity contribution in [2.24, 2.45) is 29.6 Å². The highest BCUT2D eigenvalue weighted by Gasteiger charge is 2.53. The number of ether oxygens (including phenoxy) is 6. The van der Waals surface area contributed by atoms with Gasteiger partial charge in [-0.05, 0) is 56.3 Å². The third kappa shape index (κ3) is 6.41. The Morgan fingerprint density at radius 3 is 2.30 bits per heavy atom. The maximum Gasteiger partial charge on any atom is 0.308 e. The molecule has 0 aromatic rings. The lowest BCUT2D eigenvalue weighted by Gasteiger charge is -2.43. The van der Waals surface area contributed by atoms with Gasteiger partial charge in [-0.25, -0.2) is 0 Å². The largest absolute Gasteiger partial charge is 0.469 e. The number of hydrogen-bond donors (Lipinski definition) is 2. The molecule has 5 aliphatic heterocycles. The molecule has 1 spiro atoms. The molecule has 5 saturated heterocycles. The Morgan fingerprint density at radius 2 is 1.55 bits per heavy atom. The normalized spacial score (nSPS) is 49.3. The van der Waals surface area contributed by atoms with Crippen LogP contribution in [0.15, 0.2) is 0 Å². The third-order valence-corrected chi connectivity index (χ3v) is 10.4. The summed E-state index contributed by atoms with van der Waals surface area (Å²) >= 11 is 0. The lowest BCUT2D eigenvalue weighted by Crippen LogP contribution is -2.49. The fraction of sp³-hybridized carbons (Fsp3) is 0.968. The molecule has 5 fully saturated rings.